The Balaban J connectivity index is 2.10. The topological polar surface area (TPSA) is 58.6 Å². The number of ether oxygens (including phenoxy) is 1. The predicted octanol–water partition coefficient (Wildman–Crippen LogP) is 0.938. The minimum Gasteiger partial charge on any atom is -0.490 e. The Hall–Kier alpha value is -2.04. The molecule has 0 saturated heterocycles. The van der Waals surface area contributed by atoms with Crippen molar-refractivity contribution >= 4 is 17.5 Å². The van der Waals surface area contributed by atoms with Crippen LogP contribution in [-0.2, 0) is 9.59 Å². The minimum atomic E-state index is -0.244. The van der Waals surface area contributed by atoms with Gasteiger partial charge in [0.1, 0.15) is 18.8 Å². The summed E-state index contributed by atoms with van der Waals surface area (Å²) in [6.45, 7) is 3.30. The van der Waals surface area contributed by atoms with Crippen molar-refractivity contribution < 1.29 is 14.3 Å². The molecule has 0 fully saturated rings. The van der Waals surface area contributed by atoms with Crippen molar-refractivity contribution in [1.82, 2.24) is 5.32 Å². The maximum Gasteiger partial charge on any atom is 0.236 e. The lowest BCUT2D eigenvalue weighted by atomic mass is 10.2. The number of carbonyl (C=O) groups is 2. The summed E-state index contributed by atoms with van der Waals surface area (Å²) in [6.07, 6.45) is -0.123. The minimum absolute atomic E-state index is 0.123. The van der Waals surface area contributed by atoms with E-state index in [0.29, 0.717) is 25.4 Å². The fraction of sp³-hybridized carbons (Fsp3) is 0.385. The molecule has 1 aliphatic heterocycles. The summed E-state index contributed by atoms with van der Waals surface area (Å²) < 4.78 is 5.46. The maximum atomic E-state index is 12.1. The van der Waals surface area contributed by atoms with E-state index >= 15 is 0 Å². The molecule has 0 bridgehead atoms. The van der Waals surface area contributed by atoms with Crippen LogP contribution in [0.4, 0.5) is 5.69 Å². The summed E-state index contributed by atoms with van der Waals surface area (Å²) in [6, 6.07) is 7.35. The van der Waals surface area contributed by atoms with E-state index in [1.165, 1.54) is 0 Å². The van der Waals surface area contributed by atoms with Gasteiger partial charge >= 0.3 is 0 Å². The van der Waals surface area contributed by atoms with Gasteiger partial charge in [-0.05, 0) is 19.1 Å². The Bertz CT molecular complexity index is 459. The van der Waals surface area contributed by atoms with Gasteiger partial charge in [-0.3, -0.25) is 9.59 Å². The molecule has 1 N–H and O–H groups in total. The Morgan fingerprint density at radius 2 is 2.17 bits per heavy atom. The second-order valence-electron chi connectivity index (χ2n) is 3.99. The number of para-hydroxylation sites is 2. The smallest absolute Gasteiger partial charge is 0.236 e. The highest BCUT2D eigenvalue weighted by molar-refractivity contribution is 6.05. The van der Waals surface area contributed by atoms with E-state index < -0.39 is 0 Å². The van der Waals surface area contributed by atoms with Gasteiger partial charge in [0.2, 0.25) is 11.8 Å². The molecule has 2 amide bonds. The summed E-state index contributed by atoms with van der Waals surface area (Å²) in [4.78, 5) is 25.1. The van der Waals surface area contributed by atoms with Crippen LogP contribution in [0.1, 0.15) is 13.3 Å². The Morgan fingerprint density at radius 1 is 1.39 bits per heavy atom. The number of anilines is 1. The quantitative estimate of drug-likeness (QED) is 0.810. The zero-order valence-electron chi connectivity index (χ0n) is 10.3. The Kier molecular flexibility index (Phi) is 3.82. The first-order chi connectivity index (χ1) is 8.72. The molecule has 96 valence electrons. The van der Waals surface area contributed by atoms with E-state index in [0.717, 1.165) is 5.69 Å². The number of fused-ring (bicyclic) bond motifs is 1. The van der Waals surface area contributed by atoms with Crippen LogP contribution in [0.25, 0.3) is 0 Å². The van der Waals surface area contributed by atoms with Crippen molar-refractivity contribution in [2.45, 2.75) is 13.3 Å². The summed E-state index contributed by atoms with van der Waals surface area (Å²) in [7, 11) is 0. The van der Waals surface area contributed by atoms with E-state index in [2.05, 4.69) is 5.32 Å². The SMILES string of the molecule is CCNC(=O)CC(=O)N1CCOc2ccccc21. The third-order valence-corrected chi connectivity index (χ3v) is 2.72. The molecule has 0 spiro atoms. The van der Waals surface area contributed by atoms with Gasteiger partial charge in [0, 0.05) is 6.54 Å². The lowest BCUT2D eigenvalue weighted by Crippen LogP contribution is -2.40. The first-order valence-electron chi connectivity index (χ1n) is 6.01. The number of hydrogen-bond acceptors (Lipinski definition) is 3. The Morgan fingerprint density at radius 3 is 2.94 bits per heavy atom. The van der Waals surface area contributed by atoms with Crippen molar-refractivity contribution in [3.8, 4) is 5.75 Å². The van der Waals surface area contributed by atoms with Gasteiger partial charge < -0.3 is 15.0 Å². The third kappa shape index (κ3) is 2.61. The van der Waals surface area contributed by atoms with Crippen LogP contribution in [0.3, 0.4) is 0 Å². The molecule has 0 radical (unpaired) electrons. The number of rotatable bonds is 3. The molecule has 18 heavy (non-hydrogen) atoms. The Labute approximate surface area is 106 Å². The van der Waals surface area contributed by atoms with Gasteiger partial charge in [-0.2, -0.15) is 0 Å². The van der Waals surface area contributed by atoms with Gasteiger partial charge in [0.15, 0.2) is 0 Å². The molecular formula is C13H16N2O3. The van der Waals surface area contributed by atoms with E-state index in [1.54, 1.807) is 4.90 Å². The number of amides is 2. The molecule has 2 rings (SSSR count). The van der Waals surface area contributed by atoms with E-state index in [1.807, 2.05) is 31.2 Å². The van der Waals surface area contributed by atoms with Crippen molar-refractivity contribution in [2.24, 2.45) is 0 Å². The van der Waals surface area contributed by atoms with Gasteiger partial charge in [-0.25, -0.2) is 0 Å². The molecule has 0 saturated carbocycles. The number of benzene rings is 1. The van der Waals surface area contributed by atoms with Gasteiger partial charge in [-0.15, -0.1) is 0 Å². The van der Waals surface area contributed by atoms with E-state index in [-0.39, 0.29) is 18.2 Å². The van der Waals surface area contributed by atoms with Crippen LogP contribution in [0, 0.1) is 0 Å². The van der Waals surface area contributed by atoms with Crippen LogP contribution < -0.4 is 15.0 Å². The van der Waals surface area contributed by atoms with Crippen molar-refractivity contribution in [3.63, 3.8) is 0 Å². The number of nitrogens with one attached hydrogen (secondary N) is 1. The average Bonchev–Trinajstić information content (AvgIpc) is 2.38. The number of nitrogens with zero attached hydrogens (tertiary/aromatic N) is 1. The zero-order chi connectivity index (χ0) is 13.0. The molecule has 1 heterocycles. The maximum absolute atomic E-state index is 12.1. The summed E-state index contributed by atoms with van der Waals surface area (Å²) in [5, 5.41) is 2.62. The first-order valence-corrected chi connectivity index (χ1v) is 6.01. The van der Waals surface area contributed by atoms with Crippen LogP contribution in [0.5, 0.6) is 5.75 Å². The van der Waals surface area contributed by atoms with E-state index in [4.69, 9.17) is 4.74 Å². The zero-order valence-corrected chi connectivity index (χ0v) is 10.3. The molecule has 1 aromatic rings. The lowest BCUT2D eigenvalue weighted by molar-refractivity contribution is -0.128. The fourth-order valence-electron chi connectivity index (χ4n) is 1.92. The largest absolute Gasteiger partial charge is 0.490 e. The van der Waals surface area contributed by atoms with Crippen molar-refractivity contribution in [2.75, 3.05) is 24.6 Å². The molecule has 1 aromatic carbocycles. The highest BCUT2D eigenvalue weighted by atomic mass is 16.5. The highest BCUT2D eigenvalue weighted by Crippen LogP contribution is 2.31. The van der Waals surface area contributed by atoms with Gasteiger partial charge in [-0.1, -0.05) is 12.1 Å². The number of hydrogen-bond donors (Lipinski definition) is 1. The monoisotopic (exact) mass is 248 g/mol. The molecular weight excluding hydrogens is 232 g/mol. The molecule has 0 unspecified atom stereocenters. The van der Waals surface area contributed by atoms with Crippen molar-refractivity contribution in [3.05, 3.63) is 24.3 Å². The van der Waals surface area contributed by atoms with Gasteiger partial charge in [0.25, 0.3) is 0 Å². The summed E-state index contributed by atoms with van der Waals surface area (Å²) in [5.74, 6) is 0.246. The summed E-state index contributed by atoms with van der Waals surface area (Å²) >= 11 is 0. The lowest BCUT2D eigenvalue weighted by Gasteiger charge is -2.29. The highest BCUT2D eigenvalue weighted by Gasteiger charge is 2.24. The van der Waals surface area contributed by atoms with Crippen LogP contribution >= 0.6 is 0 Å². The van der Waals surface area contributed by atoms with Gasteiger partial charge in [0.05, 0.1) is 12.2 Å². The standard InChI is InChI=1S/C13H16N2O3/c1-2-14-12(16)9-13(17)15-7-8-18-11-6-4-3-5-10(11)15/h3-6H,2,7-9H2,1H3,(H,14,16). The second-order valence-corrected chi connectivity index (χ2v) is 3.99. The molecule has 1 aliphatic rings. The third-order valence-electron chi connectivity index (χ3n) is 2.72. The molecule has 5 heteroatoms. The predicted molar refractivity (Wildman–Crippen MR) is 67.6 cm³/mol. The fourth-order valence-corrected chi connectivity index (χ4v) is 1.92. The normalized spacial score (nSPS) is 13.5. The molecule has 0 aromatic heterocycles. The molecule has 5 nitrogen and oxygen atoms in total. The van der Waals surface area contributed by atoms with Crippen LogP contribution in [0.2, 0.25) is 0 Å². The first kappa shape index (κ1) is 12.4. The van der Waals surface area contributed by atoms with Crippen LogP contribution in [0.15, 0.2) is 24.3 Å². The van der Waals surface area contributed by atoms with E-state index in [9.17, 15) is 9.59 Å². The second kappa shape index (κ2) is 5.53. The van der Waals surface area contributed by atoms with Crippen molar-refractivity contribution in [1.29, 1.82) is 0 Å². The average molecular weight is 248 g/mol. The molecule has 0 atom stereocenters. The number of carbonyl (C=O) groups excluding carboxylic acids is 2. The van der Waals surface area contributed by atoms with Crippen LogP contribution in [-0.4, -0.2) is 31.5 Å². The summed E-state index contributed by atoms with van der Waals surface area (Å²) in [5.41, 5.74) is 0.734. The molecule has 0 aliphatic carbocycles.